The van der Waals surface area contributed by atoms with Crippen molar-refractivity contribution >= 4 is 11.9 Å². The number of nitrogens with zero attached hydrogens (tertiary/aromatic N) is 2. The first-order valence-corrected chi connectivity index (χ1v) is 6.69. The molecular formula is C11H22N2O2S. The van der Waals surface area contributed by atoms with Gasteiger partial charge in [0.15, 0.2) is 0 Å². The first-order valence-electron chi connectivity index (χ1n) is 5.91. The van der Waals surface area contributed by atoms with Crippen molar-refractivity contribution in [3.05, 3.63) is 4.91 Å². The van der Waals surface area contributed by atoms with Crippen LogP contribution >= 0.6 is 11.9 Å². The average Bonchev–Trinajstić information content (AvgIpc) is 2.21. The normalized spacial score (nSPS) is 19.9. The van der Waals surface area contributed by atoms with Gasteiger partial charge in [-0.3, -0.25) is 0 Å². The summed E-state index contributed by atoms with van der Waals surface area (Å²) in [7, 11) is 0. The monoisotopic (exact) mass is 246 g/mol. The van der Waals surface area contributed by atoms with E-state index in [2.05, 4.69) is 23.3 Å². The van der Waals surface area contributed by atoms with Gasteiger partial charge in [-0.1, -0.05) is 0 Å². The molecule has 0 aromatic heterocycles. The fourth-order valence-electron chi connectivity index (χ4n) is 2.28. The number of aliphatic hydroxyl groups excluding tert-OH is 1. The molecule has 1 heterocycles. The molecule has 0 radical (unpaired) electrons. The molecule has 0 spiro atoms. The lowest BCUT2D eigenvalue weighted by atomic mass is 9.93. The number of aliphatic hydroxyl groups is 1. The maximum atomic E-state index is 10.3. The topological polar surface area (TPSA) is 52.9 Å². The fourth-order valence-corrected chi connectivity index (χ4v) is 2.73. The minimum Gasteiger partial charge on any atom is -0.396 e. The van der Waals surface area contributed by atoms with Crippen LogP contribution in [0.1, 0.15) is 33.1 Å². The van der Waals surface area contributed by atoms with E-state index in [9.17, 15) is 4.91 Å². The predicted molar refractivity (Wildman–Crippen MR) is 68.3 cm³/mol. The third-order valence-corrected chi connectivity index (χ3v) is 3.83. The number of hydrogen-bond acceptors (Lipinski definition) is 5. The van der Waals surface area contributed by atoms with Crippen LogP contribution in [-0.4, -0.2) is 41.0 Å². The zero-order valence-corrected chi connectivity index (χ0v) is 11.0. The van der Waals surface area contributed by atoms with Crippen molar-refractivity contribution in [3.8, 4) is 0 Å². The summed E-state index contributed by atoms with van der Waals surface area (Å²) in [6, 6.07) is 0. The molecule has 0 amide bonds. The number of nitroso groups, excluding NO2 is 1. The van der Waals surface area contributed by atoms with Crippen molar-refractivity contribution in [2.45, 2.75) is 37.9 Å². The lowest BCUT2D eigenvalue weighted by Gasteiger charge is -2.35. The van der Waals surface area contributed by atoms with Gasteiger partial charge >= 0.3 is 0 Å². The molecule has 1 aliphatic rings. The van der Waals surface area contributed by atoms with E-state index in [1.807, 2.05) is 0 Å². The van der Waals surface area contributed by atoms with Gasteiger partial charge in [0, 0.05) is 34.4 Å². The van der Waals surface area contributed by atoms with Crippen LogP contribution < -0.4 is 0 Å². The highest BCUT2D eigenvalue weighted by atomic mass is 32.2. The first kappa shape index (κ1) is 13.9. The summed E-state index contributed by atoms with van der Waals surface area (Å²) in [4.78, 5) is 12.7. The summed E-state index contributed by atoms with van der Waals surface area (Å²) < 4.78 is 2.83. The Morgan fingerprint density at radius 3 is 2.56 bits per heavy atom. The van der Waals surface area contributed by atoms with E-state index < -0.39 is 0 Å². The molecule has 0 unspecified atom stereocenters. The number of rotatable bonds is 6. The molecule has 4 nitrogen and oxygen atoms in total. The Hall–Kier alpha value is -0.130. The van der Waals surface area contributed by atoms with Crippen molar-refractivity contribution in [2.75, 3.05) is 26.2 Å². The number of piperidine rings is 1. The van der Waals surface area contributed by atoms with Crippen molar-refractivity contribution in [2.24, 2.45) is 10.5 Å². The SMILES string of the molecule is CC(C)(CN1CCC(CCO)CC1)SN=O. The molecule has 5 heteroatoms. The van der Waals surface area contributed by atoms with E-state index in [1.54, 1.807) is 0 Å². The zero-order chi connectivity index (χ0) is 12.0. The summed E-state index contributed by atoms with van der Waals surface area (Å²) in [6.07, 6.45) is 3.26. The number of hydrogen-bond donors (Lipinski definition) is 1. The molecule has 1 saturated heterocycles. The third-order valence-electron chi connectivity index (χ3n) is 3.13. The Bertz CT molecular complexity index is 216. The van der Waals surface area contributed by atoms with Crippen LogP contribution in [0.5, 0.6) is 0 Å². The summed E-state index contributed by atoms with van der Waals surface area (Å²) in [5.74, 6) is 0.682. The molecule has 0 atom stereocenters. The molecule has 1 fully saturated rings. The van der Waals surface area contributed by atoms with Gasteiger partial charge in [0.25, 0.3) is 0 Å². The second-order valence-electron chi connectivity index (χ2n) is 5.16. The molecule has 0 aromatic carbocycles. The van der Waals surface area contributed by atoms with Crippen LogP contribution in [0.2, 0.25) is 0 Å². The van der Waals surface area contributed by atoms with E-state index in [0.29, 0.717) is 12.5 Å². The molecule has 94 valence electrons. The van der Waals surface area contributed by atoms with Gasteiger partial charge in [-0.2, -0.15) is 0 Å². The van der Waals surface area contributed by atoms with Gasteiger partial charge in [0.1, 0.15) is 0 Å². The molecule has 0 saturated carbocycles. The van der Waals surface area contributed by atoms with Gasteiger partial charge in [0.2, 0.25) is 0 Å². The maximum absolute atomic E-state index is 10.3. The second kappa shape index (κ2) is 6.57. The van der Waals surface area contributed by atoms with E-state index in [0.717, 1.165) is 50.8 Å². The predicted octanol–water partition coefficient (Wildman–Crippen LogP) is 2.27. The van der Waals surface area contributed by atoms with Gasteiger partial charge in [-0.05, 0) is 52.1 Å². The highest BCUT2D eigenvalue weighted by Crippen LogP contribution is 2.28. The third kappa shape index (κ3) is 4.80. The molecule has 0 aliphatic carbocycles. The first-order chi connectivity index (χ1) is 7.57. The Morgan fingerprint density at radius 2 is 2.06 bits per heavy atom. The highest BCUT2D eigenvalue weighted by Gasteiger charge is 2.26. The van der Waals surface area contributed by atoms with E-state index >= 15 is 0 Å². The standard InChI is InChI=1S/C11H22N2O2S/c1-11(2,16-12-15)9-13-6-3-10(4-7-13)5-8-14/h10,14H,3-9H2,1-2H3. The van der Waals surface area contributed by atoms with Crippen LogP contribution in [0.4, 0.5) is 0 Å². The van der Waals surface area contributed by atoms with Crippen LogP contribution in [-0.2, 0) is 0 Å². The van der Waals surface area contributed by atoms with Gasteiger partial charge in [-0.25, -0.2) is 0 Å². The second-order valence-corrected chi connectivity index (χ2v) is 6.59. The zero-order valence-electron chi connectivity index (χ0n) is 10.2. The largest absolute Gasteiger partial charge is 0.396 e. The molecule has 1 aliphatic heterocycles. The quantitative estimate of drug-likeness (QED) is 0.577. The van der Waals surface area contributed by atoms with Crippen LogP contribution in [0.25, 0.3) is 0 Å². The van der Waals surface area contributed by atoms with Gasteiger partial charge < -0.3 is 10.0 Å². The van der Waals surface area contributed by atoms with Gasteiger partial charge in [0.05, 0.1) is 0 Å². The van der Waals surface area contributed by atoms with Crippen molar-refractivity contribution in [1.82, 2.24) is 4.90 Å². The van der Waals surface area contributed by atoms with Crippen molar-refractivity contribution in [1.29, 1.82) is 0 Å². The van der Waals surface area contributed by atoms with Crippen molar-refractivity contribution < 1.29 is 5.11 Å². The summed E-state index contributed by atoms with van der Waals surface area (Å²) >= 11 is 1.13. The fraction of sp³-hybridized carbons (Fsp3) is 1.00. The lowest BCUT2D eigenvalue weighted by molar-refractivity contribution is 0.152. The van der Waals surface area contributed by atoms with E-state index in [1.165, 1.54) is 0 Å². The lowest BCUT2D eigenvalue weighted by Crippen LogP contribution is -2.41. The smallest absolute Gasteiger partial charge is 0.0482 e. The van der Waals surface area contributed by atoms with Gasteiger partial charge in [-0.15, -0.1) is 4.91 Å². The molecule has 0 bridgehead atoms. The molecular weight excluding hydrogens is 224 g/mol. The summed E-state index contributed by atoms with van der Waals surface area (Å²) in [5.41, 5.74) is 0. The van der Waals surface area contributed by atoms with Crippen LogP contribution in [0.15, 0.2) is 4.58 Å². The average molecular weight is 246 g/mol. The minimum atomic E-state index is -0.0917. The Balaban J connectivity index is 2.28. The van der Waals surface area contributed by atoms with E-state index in [4.69, 9.17) is 5.11 Å². The molecule has 16 heavy (non-hydrogen) atoms. The molecule has 1 rings (SSSR count). The van der Waals surface area contributed by atoms with Crippen molar-refractivity contribution in [3.63, 3.8) is 0 Å². The molecule has 1 N–H and O–H groups in total. The Labute approximate surface area is 102 Å². The number of likely N-dealkylation sites (tertiary alicyclic amines) is 1. The van der Waals surface area contributed by atoms with Crippen LogP contribution in [0, 0.1) is 10.8 Å². The summed E-state index contributed by atoms with van der Waals surface area (Å²) in [6.45, 7) is 7.48. The van der Waals surface area contributed by atoms with Crippen LogP contribution in [0.3, 0.4) is 0 Å². The highest BCUT2D eigenvalue weighted by molar-refractivity contribution is 7.99. The maximum Gasteiger partial charge on any atom is 0.0482 e. The van der Waals surface area contributed by atoms with E-state index in [-0.39, 0.29) is 4.75 Å². The summed E-state index contributed by atoms with van der Waals surface area (Å²) in [5, 5.41) is 8.88. The molecule has 0 aromatic rings. The minimum absolute atomic E-state index is 0.0917. The Morgan fingerprint density at radius 1 is 1.44 bits per heavy atom. The Kier molecular flexibility index (Phi) is 5.72.